The third kappa shape index (κ3) is 4.11. The van der Waals surface area contributed by atoms with Crippen molar-refractivity contribution < 1.29 is 14.7 Å². The van der Waals surface area contributed by atoms with Gasteiger partial charge in [0.1, 0.15) is 0 Å². The van der Waals surface area contributed by atoms with Crippen LogP contribution in [-0.4, -0.2) is 23.5 Å². The summed E-state index contributed by atoms with van der Waals surface area (Å²) in [5.41, 5.74) is 0.478. The molecule has 104 valence electrons. The maximum atomic E-state index is 11.9. The second-order valence-corrected chi connectivity index (χ2v) is 5.04. The maximum absolute atomic E-state index is 11.9. The molecule has 0 spiro atoms. The SMILES string of the molecule is CCC(=O)N(CC(C)C(=O)O)c1ccc(Cl)cc1Cl. The number of aliphatic carboxylic acids is 1. The molecule has 0 aromatic heterocycles. The molecule has 0 aliphatic heterocycles. The molecule has 6 heteroatoms. The molecule has 19 heavy (non-hydrogen) atoms. The first-order valence-corrected chi connectivity index (χ1v) is 6.60. The van der Waals surface area contributed by atoms with E-state index in [2.05, 4.69) is 0 Å². The van der Waals surface area contributed by atoms with Crippen LogP contribution < -0.4 is 4.90 Å². The minimum absolute atomic E-state index is 0.0728. The molecule has 1 amide bonds. The van der Waals surface area contributed by atoms with Crippen LogP contribution in [0.4, 0.5) is 5.69 Å². The van der Waals surface area contributed by atoms with Crippen LogP contribution in [-0.2, 0) is 9.59 Å². The lowest BCUT2D eigenvalue weighted by molar-refractivity contribution is -0.140. The molecule has 0 fully saturated rings. The van der Waals surface area contributed by atoms with E-state index < -0.39 is 11.9 Å². The molecule has 0 radical (unpaired) electrons. The molecule has 1 N–H and O–H groups in total. The molecule has 0 heterocycles. The average molecular weight is 304 g/mol. The van der Waals surface area contributed by atoms with Crippen molar-refractivity contribution >= 4 is 40.8 Å². The van der Waals surface area contributed by atoms with Crippen LogP contribution in [0.15, 0.2) is 18.2 Å². The maximum Gasteiger partial charge on any atom is 0.308 e. The van der Waals surface area contributed by atoms with Crippen LogP contribution in [0, 0.1) is 5.92 Å². The summed E-state index contributed by atoms with van der Waals surface area (Å²) in [6, 6.07) is 4.76. The molecular weight excluding hydrogens is 289 g/mol. The number of hydrogen-bond acceptors (Lipinski definition) is 2. The van der Waals surface area contributed by atoms with Crippen molar-refractivity contribution in [3.63, 3.8) is 0 Å². The summed E-state index contributed by atoms with van der Waals surface area (Å²) in [5, 5.41) is 9.74. The summed E-state index contributed by atoms with van der Waals surface area (Å²) >= 11 is 11.9. The largest absolute Gasteiger partial charge is 0.481 e. The molecule has 1 unspecified atom stereocenters. The zero-order valence-electron chi connectivity index (χ0n) is 10.7. The molecule has 1 rings (SSSR count). The van der Waals surface area contributed by atoms with E-state index in [0.29, 0.717) is 15.7 Å². The van der Waals surface area contributed by atoms with E-state index >= 15 is 0 Å². The molecule has 0 saturated carbocycles. The molecule has 1 aromatic carbocycles. The molecule has 0 bridgehead atoms. The number of benzene rings is 1. The molecule has 0 aliphatic rings. The van der Waals surface area contributed by atoms with Crippen molar-refractivity contribution in [3.05, 3.63) is 28.2 Å². The zero-order valence-corrected chi connectivity index (χ0v) is 12.2. The van der Waals surface area contributed by atoms with E-state index in [9.17, 15) is 9.59 Å². The van der Waals surface area contributed by atoms with Crippen molar-refractivity contribution in [2.75, 3.05) is 11.4 Å². The lowest BCUT2D eigenvalue weighted by Gasteiger charge is -2.25. The van der Waals surface area contributed by atoms with Gasteiger partial charge in [-0.1, -0.05) is 37.0 Å². The summed E-state index contributed by atoms with van der Waals surface area (Å²) in [7, 11) is 0. The molecule has 1 aromatic rings. The third-order valence-corrected chi connectivity index (χ3v) is 3.22. The Morgan fingerprint density at radius 2 is 2.00 bits per heavy atom. The van der Waals surface area contributed by atoms with E-state index in [0.717, 1.165) is 0 Å². The number of anilines is 1. The number of hydrogen-bond donors (Lipinski definition) is 1. The zero-order chi connectivity index (χ0) is 14.6. The molecule has 0 saturated heterocycles. The Hall–Kier alpha value is -1.26. The number of carbonyl (C=O) groups excluding carboxylic acids is 1. The minimum atomic E-state index is -0.959. The lowest BCUT2D eigenvalue weighted by atomic mass is 10.1. The summed E-state index contributed by atoms with van der Waals surface area (Å²) in [6.45, 7) is 3.33. The van der Waals surface area contributed by atoms with Gasteiger partial charge in [-0.15, -0.1) is 0 Å². The van der Waals surface area contributed by atoms with Gasteiger partial charge in [0.15, 0.2) is 0 Å². The van der Waals surface area contributed by atoms with Gasteiger partial charge >= 0.3 is 5.97 Å². The second kappa shape index (κ2) is 6.78. The first-order valence-electron chi connectivity index (χ1n) is 5.85. The predicted octanol–water partition coefficient (Wildman–Crippen LogP) is 3.46. The van der Waals surface area contributed by atoms with E-state index in [4.69, 9.17) is 28.3 Å². The fourth-order valence-electron chi connectivity index (χ4n) is 1.58. The number of carboxylic acids is 1. The van der Waals surface area contributed by atoms with Crippen molar-refractivity contribution in [1.82, 2.24) is 0 Å². The highest BCUT2D eigenvalue weighted by atomic mass is 35.5. The summed E-state index contributed by atoms with van der Waals surface area (Å²) < 4.78 is 0. The molecule has 0 aliphatic carbocycles. The van der Waals surface area contributed by atoms with Gasteiger partial charge in [-0.2, -0.15) is 0 Å². The van der Waals surface area contributed by atoms with E-state index in [1.165, 1.54) is 11.0 Å². The Kier molecular flexibility index (Phi) is 5.63. The van der Waals surface area contributed by atoms with Crippen molar-refractivity contribution in [3.8, 4) is 0 Å². The van der Waals surface area contributed by atoms with E-state index in [1.54, 1.807) is 26.0 Å². The fourth-order valence-corrected chi connectivity index (χ4v) is 2.09. The van der Waals surface area contributed by atoms with E-state index in [-0.39, 0.29) is 18.9 Å². The second-order valence-electron chi connectivity index (χ2n) is 4.19. The van der Waals surface area contributed by atoms with Crippen molar-refractivity contribution in [1.29, 1.82) is 0 Å². The number of nitrogens with zero attached hydrogens (tertiary/aromatic N) is 1. The Morgan fingerprint density at radius 1 is 1.37 bits per heavy atom. The Bertz CT molecular complexity index is 491. The van der Waals surface area contributed by atoms with Gasteiger partial charge in [0.05, 0.1) is 16.6 Å². The first-order chi connectivity index (χ1) is 8.86. The Morgan fingerprint density at radius 3 is 2.47 bits per heavy atom. The third-order valence-electron chi connectivity index (χ3n) is 2.68. The smallest absolute Gasteiger partial charge is 0.308 e. The van der Waals surface area contributed by atoms with Crippen LogP contribution in [0.1, 0.15) is 20.3 Å². The van der Waals surface area contributed by atoms with Gasteiger partial charge in [-0.05, 0) is 18.2 Å². The highest BCUT2D eigenvalue weighted by molar-refractivity contribution is 6.36. The van der Waals surface area contributed by atoms with Gasteiger partial charge < -0.3 is 10.0 Å². The molecular formula is C13H15Cl2NO3. The first kappa shape index (κ1) is 15.8. The number of carboxylic acid groups (broad SMARTS) is 1. The van der Waals surface area contributed by atoms with Gasteiger partial charge in [0.25, 0.3) is 0 Å². The Balaban J connectivity index is 3.09. The summed E-state index contributed by atoms with van der Waals surface area (Å²) in [4.78, 5) is 24.3. The number of carbonyl (C=O) groups is 2. The quantitative estimate of drug-likeness (QED) is 0.906. The number of amides is 1. The van der Waals surface area contributed by atoms with Crippen LogP contribution in [0.25, 0.3) is 0 Å². The Labute approximate surface area is 121 Å². The highest BCUT2D eigenvalue weighted by Gasteiger charge is 2.22. The standard InChI is InChI=1S/C13H15Cl2NO3/c1-3-12(17)16(7-8(2)13(18)19)11-5-4-9(14)6-10(11)15/h4-6,8H,3,7H2,1-2H3,(H,18,19). The van der Waals surface area contributed by atoms with Crippen LogP contribution >= 0.6 is 23.2 Å². The lowest BCUT2D eigenvalue weighted by Crippen LogP contribution is -2.36. The van der Waals surface area contributed by atoms with Gasteiger partial charge in [0.2, 0.25) is 5.91 Å². The highest BCUT2D eigenvalue weighted by Crippen LogP contribution is 2.29. The number of rotatable bonds is 5. The van der Waals surface area contributed by atoms with Crippen LogP contribution in [0.2, 0.25) is 10.0 Å². The fraction of sp³-hybridized carbons (Fsp3) is 0.385. The van der Waals surface area contributed by atoms with Gasteiger partial charge in [0, 0.05) is 18.0 Å². The monoisotopic (exact) mass is 303 g/mol. The van der Waals surface area contributed by atoms with E-state index in [1.807, 2.05) is 0 Å². The predicted molar refractivity (Wildman–Crippen MR) is 75.9 cm³/mol. The normalized spacial score (nSPS) is 12.0. The minimum Gasteiger partial charge on any atom is -0.481 e. The van der Waals surface area contributed by atoms with Crippen molar-refractivity contribution in [2.45, 2.75) is 20.3 Å². The molecule has 4 nitrogen and oxygen atoms in total. The van der Waals surface area contributed by atoms with Crippen LogP contribution in [0.5, 0.6) is 0 Å². The topological polar surface area (TPSA) is 57.6 Å². The van der Waals surface area contributed by atoms with Gasteiger partial charge in [-0.25, -0.2) is 0 Å². The average Bonchev–Trinajstić information content (AvgIpc) is 2.35. The summed E-state index contributed by atoms with van der Waals surface area (Å²) in [6.07, 6.45) is 0.269. The number of halogens is 2. The molecule has 1 atom stereocenters. The van der Waals surface area contributed by atoms with Gasteiger partial charge in [-0.3, -0.25) is 9.59 Å². The van der Waals surface area contributed by atoms with Crippen LogP contribution in [0.3, 0.4) is 0 Å². The summed E-state index contributed by atoms with van der Waals surface area (Å²) in [5.74, 6) is -1.82. The van der Waals surface area contributed by atoms with Crippen molar-refractivity contribution in [2.24, 2.45) is 5.92 Å².